The van der Waals surface area contributed by atoms with Crippen LogP contribution in [-0.4, -0.2) is 14.9 Å². The highest BCUT2D eigenvalue weighted by molar-refractivity contribution is 5.80. The average molecular weight is 333 g/mol. The highest BCUT2D eigenvalue weighted by Crippen LogP contribution is 2.32. The molecule has 8 heteroatoms. The number of hydrogen-bond acceptors (Lipinski definition) is 4. The van der Waals surface area contributed by atoms with Crippen LogP contribution in [0, 0.1) is 10.1 Å². The maximum Gasteiger partial charge on any atom is 0.416 e. The second kappa shape index (κ2) is 5.88. The van der Waals surface area contributed by atoms with Gasteiger partial charge in [0, 0.05) is 30.1 Å². The van der Waals surface area contributed by atoms with Gasteiger partial charge in [-0.2, -0.15) is 13.2 Å². The van der Waals surface area contributed by atoms with E-state index in [1.54, 1.807) is 0 Å². The van der Waals surface area contributed by atoms with Crippen LogP contribution in [0.4, 0.5) is 18.9 Å². The zero-order chi connectivity index (χ0) is 17.3. The molecular formula is C16H10F3N3O2. The number of halogens is 3. The SMILES string of the molecule is O=[N+]([O-])c1ccc2cnc(Cc3ccccc3C(F)(F)F)nc2c1. The van der Waals surface area contributed by atoms with E-state index in [1.165, 1.54) is 42.6 Å². The maximum absolute atomic E-state index is 13.0. The molecule has 0 saturated heterocycles. The van der Waals surface area contributed by atoms with Gasteiger partial charge in [-0.1, -0.05) is 18.2 Å². The number of fused-ring (bicyclic) bond motifs is 1. The van der Waals surface area contributed by atoms with Crippen molar-refractivity contribution < 1.29 is 18.1 Å². The smallest absolute Gasteiger partial charge is 0.258 e. The molecule has 24 heavy (non-hydrogen) atoms. The van der Waals surface area contributed by atoms with E-state index in [9.17, 15) is 23.3 Å². The van der Waals surface area contributed by atoms with Crippen molar-refractivity contribution in [2.75, 3.05) is 0 Å². The first-order valence-electron chi connectivity index (χ1n) is 6.90. The molecule has 0 amide bonds. The van der Waals surface area contributed by atoms with E-state index >= 15 is 0 Å². The lowest BCUT2D eigenvalue weighted by Gasteiger charge is -2.12. The Kier molecular flexibility index (Phi) is 3.88. The summed E-state index contributed by atoms with van der Waals surface area (Å²) in [5.74, 6) is 0.166. The number of alkyl halides is 3. The summed E-state index contributed by atoms with van der Waals surface area (Å²) in [4.78, 5) is 18.5. The van der Waals surface area contributed by atoms with Gasteiger partial charge in [-0.05, 0) is 17.7 Å². The molecular weight excluding hydrogens is 323 g/mol. The van der Waals surface area contributed by atoms with Crippen molar-refractivity contribution in [1.82, 2.24) is 9.97 Å². The minimum absolute atomic E-state index is 0.0507. The molecule has 2 aromatic carbocycles. The Morgan fingerprint density at radius 2 is 1.88 bits per heavy atom. The fourth-order valence-corrected chi connectivity index (χ4v) is 2.37. The van der Waals surface area contributed by atoms with E-state index in [-0.39, 0.29) is 23.5 Å². The summed E-state index contributed by atoms with van der Waals surface area (Å²) >= 11 is 0. The summed E-state index contributed by atoms with van der Waals surface area (Å²) in [6.45, 7) is 0. The molecule has 0 fully saturated rings. The molecule has 0 aliphatic rings. The Balaban J connectivity index is 2.01. The predicted molar refractivity (Wildman–Crippen MR) is 80.4 cm³/mol. The Morgan fingerprint density at radius 1 is 1.12 bits per heavy atom. The van der Waals surface area contributed by atoms with Crippen LogP contribution >= 0.6 is 0 Å². The number of nitrogens with zero attached hydrogens (tertiary/aromatic N) is 3. The first-order chi connectivity index (χ1) is 11.3. The summed E-state index contributed by atoms with van der Waals surface area (Å²) in [7, 11) is 0. The second-order valence-electron chi connectivity index (χ2n) is 5.12. The van der Waals surface area contributed by atoms with Gasteiger partial charge in [0.25, 0.3) is 5.69 Å². The minimum atomic E-state index is -4.47. The fourth-order valence-electron chi connectivity index (χ4n) is 2.37. The third kappa shape index (κ3) is 3.17. The summed E-state index contributed by atoms with van der Waals surface area (Å²) < 4.78 is 39.1. The third-order valence-corrected chi connectivity index (χ3v) is 3.50. The minimum Gasteiger partial charge on any atom is -0.258 e. The number of non-ortho nitro benzene ring substituents is 1. The Hall–Kier alpha value is -3.03. The summed E-state index contributed by atoms with van der Waals surface area (Å²) in [5.41, 5.74) is -0.510. The zero-order valence-corrected chi connectivity index (χ0v) is 12.1. The van der Waals surface area contributed by atoms with Gasteiger partial charge in [-0.25, -0.2) is 9.97 Å². The first-order valence-corrected chi connectivity index (χ1v) is 6.90. The summed E-state index contributed by atoms with van der Waals surface area (Å²) in [6, 6.07) is 9.29. The Labute approximate surface area is 133 Å². The molecule has 0 N–H and O–H groups in total. The van der Waals surface area contributed by atoms with Gasteiger partial charge in [0.1, 0.15) is 5.82 Å². The van der Waals surface area contributed by atoms with E-state index < -0.39 is 16.7 Å². The third-order valence-electron chi connectivity index (χ3n) is 3.50. The van der Waals surface area contributed by atoms with Gasteiger partial charge in [0.05, 0.1) is 16.0 Å². The van der Waals surface area contributed by atoms with Crippen molar-refractivity contribution in [2.45, 2.75) is 12.6 Å². The summed E-state index contributed by atoms with van der Waals surface area (Å²) in [5, 5.41) is 11.4. The quantitative estimate of drug-likeness (QED) is 0.533. The number of aromatic nitrogens is 2. The Bertz CT molecular complexity index is 926. The van der Waals surface area contributed by atoms with E-state index in [0.29, 0.717) is 10.9 Å². The molecule has 1 heterocycles. The van der Waals surface area contributed by atoms with E-state index in [0.717, 1.165) is 6.07 Å². The molecule has 3 aromatic rings. The lowest BCUT2D eigenvalue weighted by Crippen LogP contribution is -2.10. The largest absolute Gasteiger partial charge is 0.416 e. The van der Waals surface area contributed by atoms with Gasteiger partial charge in [0.15, 0.2) is 0 Å². The first kappa shape index (κ1) is 15.9. The van der Waals surface area contributed by atoms with E-state index in [2.05, 4.69) is 9.97 Å². The fraction of sp³-hybridized carbons (Fsp3) is 0.125. The highest BCUT2D eigenvalue weighted by atomic mass is 19.4. The highest BCUT2D eigenvalue weighted by Gasteiger charge is 2.32. The van der Waals surface area contributed by atoms with Crippen LogP contribution in [0.5, 0.6) is 0 Å². The maximum atomic E-state index is 13.0. The van der Waals surface area contributed by atoms with Gasteiger partial charge in [-0.15, -0.1) is 0 Å². The van der Waals surface area contributed by atoms with E-state index in [1.807, 2.05) is 0 Å². The number of rotatable bonds is 3. The number of nitro groups is 1. The lowest BCUT2D eigenvalue weighted by molar-refractivity contribution is -0.384. The predicted octanol–water partition coefficient (Wildman–Crippen LogP) is 4.15. The normalized spacial score (nSPS) is 11.6. The van der Waals surface area contributed by atoms with Crippen molar-refractivity contribution in [1.29, 1.82) is 0 Å². The van der Waals surface area contributed by atoms with Crippen molar-refractivity contribution in [3.05, 3.63) is 75.7 Å². The molecule has 0 unspecified atom stereocenters. The van der Waals surface area contributed by atoms with Crippen LogP contribution in [0.1, 0.15) is 17.0 Å². The molecule has 0 radical (unpaired) electrons. The van der Waals surface area contributed by atoms with Crippen LogP contribution in [0.25, 0.3) is 10.9 Å². The molecule has 1 aromatic heterocycles. The van der Waals surface area contributed by atoms with Gasteiger partial charge in [-0.3, -0.25) is 10.1 Å². The van der Waals surface area contributed by atoms with E-state index in [4.69, 9.17) is 0 Å². The molecule has 3 rings (SSSR count). The van der Waals surface area contributed by atoms with Crippen molar-refractivity contribution in [3.63, 3.8) is 0 Å². The van der Waals surface area contributed by atoms with Crippen LogP contribution in [0.15, 0.2) is 48.7 Å². The van der Waals surface area contributed by atoms with Gasteiger partial charge >= 0.3 is 6.18 Å². The topological polar surface area (TPSA) is 68.9 Å². The Morgan fingerprint density at radius 3 is 2.58 bits per heavy atom. The van der Waals surface area contributed by atoms with Crippen molar-refractivity contribution in [3.8, 4) is 0 Å². The van der Waals surface area contributed by atoms with Crippen LogP contribution < -0.4 is 0 Å². The molecule has 0 saturated carbocycles. The van der Waals surface area contributed by atoms with Crippen LogP contribution in [0.3, 0.4) is 0 Å². The summed E-state index contributed by atoms with van der Waals surface area (Å²) in [6.07, 6.45) is -3.14. The zero-order valence-electron chi connectivity index (χ0n) is 12.1. The van der Waals surface area contributed by atoms with Crippen molar-refractivity contribution >= 4 is 16.6 Å². The molecule has 122 valence electrons. The molecule has 0 aliphatic carbocycles. The average Bonchev–Trinajstić information content (AvgIpc) is 2.53. The van der Waals surface area contributed by atoms with Gasteiger partial charge in [0.2, 0.25) is 0 Å². The lowest BCUT2D eigenvalue weighted by atomic mass is 10.0. The standard InChI is InChI=1S/C16H10F3N3O2/c17-16(18,19)13-4-2-1-3-10(13)7-15-20-9-11-5-6-12(22(23)24)8-14(11)21-15/h1-6,8-9H,7H2. The van der Waals surface area contributed by atoms with Crippen LogP contribution in [-0.2, 0) is 12.6 Å². The molecule has 0 aliphatic heterocycles. The number of nitro benzene ring substituents is 1. The molecule has 0 spiro atoms. The van der Waals surface area contributed by atoms with Crippen molar-refractivity contribution in [2.24, 2.45) is 0 Å². The number of hydrogen-bond donors (Lipinski definition) is 0. The van der Waals surface area contributed by atoms with Crippen LogP contribution in [0.2, 0.25) is 0 Å². The molecule has 5 nitrogen and oxygen atoms in total. The van der Waals surface area contributed by atoms with Gasteiger partial charge < -0.3 is 0 Å². The number of benzene rings is 2. The monoisotopic (exact) mass is 333 g/mol. The molecule has 0 bridgehead atoms. The second-order valence-corrected chi connectivity index (χ2v) is 5.12. The molecule has 0 atom stereocenters.